The summed E-state index contributed by atoms with van der Waals surface area (Å²) in [5.41, 5.74) is 4.81. The minimum absolute atomic E-state index is 0.239. The Kier molecular flexibility index (Phi) is 5.46. The Bertz CT molecular complexity index is 861. The van der Waals surface area contributed by atoms with E-state index in [1.54, 1.807) is 17.2 Å². The number of hydrogen-bond acceptors (Lipinski definition) is 4. The third-order valence-corrected chi connectivity index (χ3v) is 4.56. The van der Waals surface area contributed by atoms with E-state index < -0.39 is 5.60 Å². The van der Waals surface area contributed by atoms with Gasteiger partial charge in [0.1, 0.15) is 11.7 Å². The fourth-order valence-corrected chi connectivity index (χ4v) is 3.20. The van der Waals surface area contributed by atoms with Gasteiger partial charge in [0.05, 0.1) is 5.56 Å². The molecular formula is C22H25N3O2. The maximum Gasteiger partial charge on any atom is 0.410 e. The Morgan fingerprint density at radius 3 is 2.56 bits per heavy atom. The Morgan fingerprint density at radius 2 is 1.93 bits per heavy atom. The lowest BCUT2D eigenvalue weighted by atomic mass is 9.98. The largest absolute Gasteiger partial charge is 0.444 e. The zero-order valence-corrected chi connectivity index (χ0v) is 16.2. The molecule has 0 saturated heterocycles. The fourth-order valence-electron chi connectivity index (χ4n) is 3.20. The number of fused-ring (bicyclic) bond motifs is 1. The number of benzene rings is 1. The monoisotopic (exact) mass is 363 g/mol. The number of aromatic nitrogens is 1. The maximum atomic E-state index is 12.4. The molecule has 0 unspecified atom stereocenters. The molecule has 1 aromatic carbocycles. The van der Waals surface area contributed by atoms with Crippen LogP contribution in [0, 0.1) is 11.3 Å². The third kappa shape index (κ3) is 5.07. The van der Waals surface area contributed by atoms with Crippen LogP contribution in [0.2, 0.25) is 0 Å². The summed E-state index contributed by atoms with van der Waals surface area (Å²) in [5.74, 6) is 0. The molecule has 140 valence electrons. The zero-order valence-electron chi connectivity index (χ0n) is 16.2. The Morgan fingerprint density at radius 1 is 1.19 bits per heavy atom. The van der Waals surface area contributed by atoms with Crippen molar-refractivity contribution in [1.29, 1.82) is 5.26 Å². The summed E-state index contributed by atoms with van der Waals surface area (Å²) >= 11 is 0. The Hall–Kier alpha value is -2.87. The highest BCUT2D eigenvalue weighted by Gasteiger charge is 2.24. The van der Waals surface area contributed by atoms with Gasteiger partial charge in [-0.25, -0.2) is 4.79 Å². The van der Waals surface area contributed by atoms with Crippen LogP contribution < -0.4 is 0 Å². The molecule has 1 aliphatic heterocycles. The van der Waals surface area contributed by atoms with E-state index in [2.05, 4.69) is 29.3 Å². The van der Waals surface area contributed by atoms with Gasteiger partial charge in [-0.1, -0.05) is 18.2 Å². The van der Waals surface area contributed by atoms with E-state index in [4.69, 9.17) is 10.00 Å². The van der Waals surface area contributed by atoms with Crippen molar-refractivity contribution < 1.29 is 9.53 Å². The third-order valence-electron chi connectivity index (χ3n) is 4.56. The number of rotatable bonds is 2. The molecule has 2 aromatic rings. The number of pyridine rings is 1. The van der Waals surface area contributed by atoms with Gasteiger partial charge in [0.25, 0.3) is 0 Å². The van der Waals surface area contributed by atoms with Gasteiger partial charge in [-0.15, -0.1) is 0 Å². The smallest absolute Gasteiger partial charge is 0.410 e. The molecule has 0 saturated carbocycles. The van der Waals surface area contributed by atoms with Crippen molar-refractivity contribution in [3.8, 4) is 6.07 Å². The molecule has 0 fully saturated rings. The van der Waals surface area contributed by atoms with Crippen LogP contribution in [-0.4, -0.2) is 34.7 Å². The predicted octanol–water partition coefficient (Wildman–Crippen LogP) is 3.88. The first-order valence-electron chi connectivity index (χ1n) is 9.28. The molecule has 2 heterocycles. The molecule has 0 bridgehead atoms. The van der Waals surface area contributed by atoms with Crippen LogP contribution in [-0.2, 0) is 24.0 Å². The lowest BCUT2D eigenvalue weighted by Gasteiger charge is -2.26. The number of hydrogen-bond donors (Lipinski definition) is 0. The van der Waals surface area contributed by atoms with Gasteiger partial charge in [0, 0.05) is 31.4 Å². The maximum absolute atomic E-state index is 12.4. The molecule has 0 atom stereocenters. The number of nitrogens with zero attached hydrogens (tertiary/aromatic N) is 3. The van der Waals surface area contributed by atoms with Crippen molar-refractivity contribution in [1.82, 2.24) is 9.88 Å². The first-order valence-corrected chi connectivity index (χ1v) is 9.28. The fraction of sp³-hybridized carbons (Fsp3) is 0.409. The van der Waals surface area contributed by atoms with Crippen LogP contribution in [0.25, 0.3) is 0 Å². The molecule has 3 rings (SSSR count). The molecule has 1 amide bonds. The molecule has 1 aromatic heterocycles. The van der Waals surface area contributed by atoms with Crippen molar-refractivity contribution >= 4 is 6.09 Å². The van der Waals surface area contributed by atoms with Gasteiger partial charge in [0.15, 0.2) is 0 Å². The van der Waals surface area contributed by atoms with E-state index in [1.807, 2.05) is 26.8 Å². The Balaban J connectivity index is 1.68. The lowest BCUT2D eigenvalue weighted by Crippen LogP contribution is -2.38. The van der Waals surface area contributed by atoms with E-state index in [9.17, 15) is 4.79 Å². The molecule has 1 aliphatic rings. The number of amides is 1. The highest BCUT2D eigenvalue weighted by molar-refractivity contribution is 5.68. The van der Waals surface area contributed by atoms with Gasteiger partial charge in [-0.2, -0.15) is 5.26 Å². The summed E-state index contributed by atoms with van der Waals surface area (Å²) < 4.78 is 5.51. The van der Waals surface area contributed by atoms with E-state index in [-0.39, 0.29) is 6.09 Å². The summed E-state index contributed by atoms with van der Waals surface area (Å²) in [6.07, 6.45) is 3.76. The van der Waals surface area contributed by atoms with Gasteiger partial charge in [-0.05, 0) is 62.4 Å². The van der Waals surface area contributed by atoms with Gasteiger partial charge in [0.2, 0.25) is 0 Å². The lowest BCUT2D eigenvalue weighted by molar-refractivity contribution is 0.0258. The second-order valence-corrected chi connectivity index (χ2v) is 7.90. The van der Waals surface area contributed by atoms with Crippen molar-refractivity contribution in [2.24, 2.45) is 0 Å². The van der Waals surface area contributed by atoms with Crippen molar-refractivity contribution in [3.05, 3.63) is 64.5 Å². The summed E-state index contributed by atoms with van der Waals surface area (Å²) in [6.45, 7) is 7.02. The van der Waals surface area contributed by atoms with Gasteiger partial charge >= 0.3 is 6.09 Å². The normalized spacial score (nSPS) is 14.1. The van der Waals surface area contributed by atoms with Crippen molar-refractivity contribution in [3.63, 3.8) is 0 Å². The molecule has 27 heavy (non-hydrogen) atoms. The highest BCUT2D eigenvalue weighted by Crippen LogP contribution is 2.21. The topological polar surface area (TPSA) is 66.2 Å². The number of ether oxygens (including phenoxy) is 1. The zero-order chi connectivity index (χ0) is 19.4. The standard InChI is InChI=1S/C22H25N3O2/c1-22(2,3)27-21(26)25-10-8-18-6-4-16(12-19(18)9-11-25)13-20-7-5-17(14-23)15-24-20/h4-7,12,15H,8-11,13H2,1-3H3. The minimum Gasteiger partial charge on any atom is -0.444 e. The quantitative estimate of drug-likeness (QED) is 0.812. The summed E-state index contributed by atoms with van der Waals surface area (Å²) in [7, 11) is 0. The molecule has 5 heteroatoms. The van der Waals surface area contributed by atoms with Crippen LogP contribution in [0.4, 0.5) is 4.79 Å². The number of carbonyl (C=O) groups is 1. The average Bonchev–Trinajstić information content (AvgIpc) is 2.83. The summed E-state index contributed by atoms with van der Waals surface area (Å²) in [5, 5.41) is 8.87. The van der Waals surface area contributed by atoms with Crippen molar-refractivity contribution in [2.75, 3.05) is 13.1 Å². The predicted molar refractivity (Wildman–Crippen MR) is 103 cm³/mol. The molecular weight excluding hydrogens is 338 g/mol. The van der Waals surface area contributed by atoms with E-state index in [0.717, 1.165) is 25.0 Å². The summed E-state index contributed by atoms with van der Waals surface area (Å²) in [6, 6.07) is 12.3. The van der Waals surface area contributed by atoms with Crippen LogP contribution >= 0.6 is 0 Å². The van der Waals surface area contributed by atoms with Gasteiger partial charge in [-0.3, -0.25) is 4.98 Å². The van der Waals surface area contributed by atoms with Crippen LogP contribution in [0.1, 0.15) is 48.7 Å². The van der Waals surface area contributed by atoms with Crippen LogP contribution in [0.15, 0.2) is 36.5 Å². The van der Waals surface area contributed by atoms with E-state index in [1.165, 1.54) is 16.7 Å². The van der Waals surface area contributed by atoms with E-state index in [0.29, 0.717) is 18.7 Å². The molecule has 0 radical (unpaired) electrons. The number of nitriles is 1. The second kappa shape index (κ2) is 7.79. The first kappa shape index (κ1) is 18.9. The van der Waals surface area contributed by atoms with Crippen LogP contribution in [0.3, 0.4) is 0 Å². The second-order valence-electron chi connectivity index (χ2n) is 7.90. The van der Waals surface area contributed by atoms with Crippen LogP contribution in [0.5, 0.6) is 0 Å². The van der Waals surface area contributed by atoms with E-state index >= 15 is 0 Å². The highest BCUT2D eigenvalue weighted by atomic mass is 16.6. The minimum atomic E-state index is -0.475. The molecule has 0 aliphatic carbocycles. The Labute approximate surface area is 160 Å². The number of carbonyl (C=O) groups excluding carboxylic acids is 1. The van der Waals surface area contributed by atoms with Crippen molar-refractivity contribution in [2.45, 2.75) is 45.6 Å². The van der Waals surface area contributed by atoms with Gasteiger partial charge < -0.3 is 9.64 Å². The molecule has 0 N–H and O–H groups in total. The SMILES string of the molecule is CC(C)(C)OC(=O)N1CCc2ccc(Cc3ccc(C#N)cn3)cc2CC1. The molecule has 0 spiro atoms. The molecule has 5 nitrogen and oxygen atoms in total. The summed E-state index contributed by atoms with van der Waals surface area (Å²) in [4.78, 5) is 18.5. The first-order chi connectivity index (χ1) is 12.8. The average molecular weight is 363 g/mol.